The molecule has 0 spiro atoms. The molecular weight excluding hydrogens is 557 g/mol. The lowest BCUT2D eigenvalue weighted by molar-refractivity contribution is -0.133. The Kier molecular flexibility index (Phi) is 9.42. The van der Waals surface area contributed by atoms with E-state index in [4.69, 9.17) is 15.0 Å². The van der Waals surface area contributed by atoms with E-state index in [1.165, 1.54) is 0 Å². The molecule has 11 heteroatoms. The number of ether oxygens (including phenoxy) is 1. The van der Waals surface area contributed by atoms with Crippen LogP contribution >= 0.6 is 23.1 Å². The number of rotatable bonds is 6. The average Bonchev–Trinajstić information content (AvgIpc) is 3.68. The maximum Gasteiger partial charge on any atom is 0.408 e. The Balaban J connectivity index is 1.14. The fourth-order valence-electron chi connectivity index (χ4n) is 5.94. The topological polar surface area (TPSA) is 102 Å². The molecule has 1 aliphatic carbocycles. The van der Waals surface area contributed by atoms with Crippen LogP contribution in [0.15, 0.2) is 29.6 Å². The van der Waals surface area contributed by atoms with Crippen LogP contribution in [-0.4, -0.2) is 88.8 Å². The van der Waals surface area contributed by atoms with Gasteiger partial charge in [0.1, 0.15) is 11.6 Å². The fourth-order valence-corrected chi connectivity index (χ4v) is 7.78. The smallest absolute Gasteiger partial charge is 0.408 e. The number of nitriles is 1. The molecule has 2 amide bonds. The third-order valence-corrected chi connectivity index (χ3v) is 9.99. The van der Waals surface area contributed by atoms with Crippen molar-refractivity contribution < 1.29 is 14.3 Å². The van der Waals surface area contributed by atoms with Crippen LogP contribution in [0.25, 0.3) is 11.3 Å². The highest BCUT2D eigenvalue weighted by molar-refractivity contribution is 7.99. The zero-order chi connectivity index (χ0) is 29.0. The molecule has 9 nitrogen and oxygen atoms in total. The first kappa shape index (κ1) is 29.7. The minimum absolute atomic E-state index is 0.0294. The first-order valence-corrected chi connectivity index (χ1v) is 16.5. The highest BCUT2D eigenvalue weighted by Crippen LogP contribution is 2.33. The van der Waals surface area contributed by atoms with Gasteiger partial charge in [-0.15, -0.1) is 23.1 Å². The maximum absolute atomic E-state index is 13.4. The molecule has 41 heavy (non-hydrogen) atoms. The number of alkyl carbamates (subject to hydrolysis) is 1. The van der Waals surface area contributed by atoms with E-state index in [-0.39, 0.29) is 11.8 Å². The number of carbonyl (C=O) groups excluding carboxylic acids is 2. The van der Waals surface area contributed by atoms with Crippen molar-refractivity contribution in [2.45, 2.75) is 64.1 Å². The average molecular weight is 597 g/mol. The second kappa shape index (κ2) is 13.0. The molecule has 0 bridgehead atoms. The van der Waals surface area contributed by atoms with Gasteiger partial charge in [-0.2, -0.15) is 5.26 Å². The summed E-state index contributed by atoms with van der Waals surface area (Å²) in [7, 11) is 0. The Hall–Kier alpha value is -2.81. The Bertz CT molecular complexity index is 1230. The zero-order valence-corrected chi connectivity index (χ0v) is 25.8. The fraction of sp³-hybridized carbons (Fsp3) is 0.600. The predicted octanol–water partition coefficient (Wildman–Crippen LogP) is 4.79. The summed E-state index contributed by atoms with van der Waals surface area (Å²) < 4.78 is 5.52. The van der Waals surface area contributed by atoms with Gasteiger partial charge in [-0.3, -0.25) is 9.69 Å². The summed E-state index contributed by atoms with van der Waals surface area (Å²) in [4.78, 5) is 37.8. The predicted molar refractivity (Wildman–Crippen MR) is 164 cm³/mol. The summed E-state index contributed by atoms with van der Waals surface area (Å²) in [5.41, 5.74) is 2.03. The number of piperazine rings is 1. The van der Waals surface area contributed by atoms with Gasteiger partial charge in [0.25, 0.3) is 0 Å². The minimum atomic E-state index is -0.606. The molecule has 1 aromatic heterocycles. The number of hydrogen-bond acceptors (Lipinski definition) is 9. The molecule has 220 valence electrons. The summed E-state index contributed by atoms with van der Waals surface area (Å²) >= 11 is 3.43. The molecule has 1 aromatic carbocycles. The van der Waals surface area contributed by atoms with Crippen molar-refractivity contribution in [1.29, 1.82) is 5.26 Å². The van der Waals surface area contributed by atoms with E-state index in [9.17, 15) is 9.59 Å². The van der Waals surface area contributed by atoms with Gasteiger partial charge in [-0.05, 0) is 64.5 Å². The Morgan fingerprint density at radius 3 is 2.39 bits per heavy atom. The highest BCUT2D eigenvalue weighted by Gasteiger charge is 2.38. The van der Waals surface area contributed by atoms with E-state index in [1.54, 1.807) is 23.1 Å². The summed E-state index contributed by atoms with van der Waals surface area (Å²) in [5, 5.41) is 15.1. The summed E-state index contributed by atoms with van der Waals surface area (Å²) in [6.07, 6.45) is 3.38. The largest absolute Gasteiger partial charge is 0.444 e. The van der Waals surface area contributed by atoms with E-state index < -0.39 is 17.7 Å². The van der Waals surface area contributed by atoms with Crippen LogP contribution in [0, 0.1) is 17.2 Å². The SMILES string of the molecule is CC(C)(C)OC(=O)NC(C(=O)N1CCSC1)C1CCC(N2CCN(c3nc(-c4ccc(C#N)cc4)cs3)CC2)CC1. The van der Waals surface area contributed by atoms with Crippen LogP contribution in [0.4, 0.5) is 9.93 Å². The van der Waals surface area contributed by atoms with Gasteiger partial charge in [0, 0.05) is 55.5 Å². The molecular formula is C30H40N6O3S2. The van der Waals surface area contributed by atoms with Crippen molar-refractivity contribution in [3.8, 4) is 17.3 Å². The van der Waals surface area contributed by atoms with E-state index in [0.29, 0.717) is 17.5 Å². The van der Waals surface area contributed by atoms with E-state index in [0.717, 1.165) is 80.5 Å². The molecule has 3 aliphatic rings. The Labute approximate surface area is 251 Å². The molecule has 2 saturated heterocycles. The van der Waals surface area contributed by atoms with Crippen molar-refractivity contribution in [1.82, 2.24) is 20.1 Å². The standard InChI is InChI=1S/C30H40N6O3S2/c1-30(2,3)39-29(38)33-26(27(37)36-16-17-40-20-36)23-8-10-24(11-9-23)34-12-14-35(15-13-34)28-32-25(19-41-28)22-6-4-21(18-31)5-7-22/h4-7,19,23-24,26H,8-17,20H2,1-3H3,(H,33,38). The zero-order valence-electron chi connectivity index (χ0n) is 24.2. The molecule has 5 rings (SSSR count). The van der Waals surface area contributed by atoms with Gasteiger partial charge in [-0.25, -0.2) is 9.78 Å². The number of aromatic nitrogens is 1. The summed E-state index contributed by atoms with van der Waals surface area (Å²) in [5.74, 6) is 1.79. The lowest BCUT2D eigenvalue weighted by Crippen LogP contribution is -2.55. The van der Waals surface area contributed by atoms with Gasteiger partial charge in [0.2, 0.25) is 5.91 Å². The van der Waals surface area contributed by atoms with Crippen LogP contribution < -0.4 is 10.2 Å². The number of nitrogens with one attached hydrogen (secondary N) is 1. The molecule has 3 heterocycles. The van der Waals surface area contributed by atoms with E-state index in [1.807, 2.05) is 49.9 Å². The number of hydrogen-bond donors (Lipinski definition) is 1. The first-order chi connectivity index (χ1) is 19.7. The molecule has 1 unspecified atom stereocenters. The van der Waals surface area contributed by atoms with E-state index >= 15 is 0 Å². The number of thioether (sulfide) groups is 1. The molecule has 1 atom stereocenters. The number of anilines is 1. The molecule has 1 N–H and O–H groups in total. The van der Waals surface area contributed by atoms with Crippen molar-refractivity contribution >= 4 is 40.2 Å². The monoisotopic (exact) mass is 596 g/mol. The second-order valence-corrected chi connectivity index (χ2v) is 14.0. The maximum atomic E-state index is 13.4. The van der Waals surface area contributed by atoms with Gasteiger partial charge in [0.05, 0.1) is 23.2 Å². The normalized spacial score (nSPS) is 22.7. The molecule has 0 radical (unpaired) electrons. The van der Waals surface area contributed by atoms with Crippen LogP contribution in [-0.2, 0) is 9.53 Å². The van der Waals surface area contributed by atoms with Crippen LogP contribution in [0.3, 0.4) is 0 Å². The van der Waals surface area contributed by atoms with Crippen LogP contribution in [0.2, 0.25) is 0 Å². The third kappa shape index (κ3) is 7.53. The van der Waals surface area contributed by atoms with Crippen molar-refractivity contribution in [3.05, 3.63) is 35.2 Å². The van der Waals surface area contributed by atoms with Crippen LogP contribution in [0.5, 0.6) is 0 Å². The Morgan fingerprint density at radius 2 is 1.78 bits per heavy atom. The lowest BCUT2D eigenvalue weighted by atomic mass is 9.80. The number of benzene rings is 1. The quantitative estimate of drug-likeness (QED) is 0.508. The number of thiazole rings is 1. The van der Waals surface area contributed by atoms with Crippen molar-refractivity contribution in [3.63, 3.8) is 0 Å². The van der Waals surface area contributed by atoms with Crippen molar-refractivity contribution in [2.75, 3.05) is 49.3 Å². The second-order valence-electron chi connectivity index (χ2n) is 12.1. The van der Waals surface area contributed by atoms with E-state index in [2.05, 4.69) is 26.6 Å². The van der Waals surface area contributed by atoms with Gasteiger partial charge >= 0.3 is 6.09 Å². The van der Waals surface area contributed by atoms with Gasteiger partial charge in [-0.1, -0.05) is 12.1 Å². The third-order valence-electron chi connectivity index (χ3n) is 8.12. The summed E-state index contributed by atoms with van der Waals surface area (Å²) in [6.45, 7) is 10.1. The number of nitrogens with zero attached hydrogens (tertiary/aromatic N) is 5. The first-order valence-electron chi connectivity index (χ1n) is 14.5. The summed E-state index contributed by atoms with van der Waals surface area (Å²) in [6, 6.07) is 9.71. The van der Waals surface area contributed by atoms with Crippen molar-refractivity contribution in [2.24, 2.45) is 5.92 Å². The van der Waals surface area contributed by atoms with Gasteiger partial charge in [0.15, 0.2) is 5.13 Å². The molecule has 2 aromatic rings. The minimum Gasteiger partial charge on any atom is -0.444 e. The molecule has 1 saturated carbocycles. The molecule has 3 fully saturated rings. The lowest BCUT2D eigenvalue weighted by Gasteiger charge is -2.43. The van der Waals surface area contributed by atoms with Gasteiger partial charge < -0.3 is 19.9 Å². The number of carbonyl (C=O) groups is 2. The highest BCUT2D eigenvalue weighted by atomic mass is 32.2. The molecule has 2 aliphatic heterocycles. The van der Waals surface area contributed by atoms with Crippen LogP contribution in [0.1, 0.15) is 52.0 Å². The Morgan fingerprint density at radius 1 is 1.07 bits per heavy atom. The number of amides is 2.